The van der Waals surface area contributed by atoms with Crippen LogP contribution in [0.1, 0.15) is 36.1 Å². The molecule has 1 aromatic carbocycles. The molecule has 0 amide bonds. The molecule has 1 saturated heterocycles. The van der Waals surface area contributed by atoms with E-state index in [1.165, 1.54) is 34.0 Å². The Balaban J connectivity index is 1.69. The molecule has 3 aromatic heterocycles. The predicted octanol–water partition coefficient (Wildman–Crippen LogP) is 2.55. The largest absolute Gasteiger partial charge is 0.332 e. The van der Waals surface area contributed by atoms with Crippen molar-refractivity contribution in [3.05, 3.63) is 62.1 Å². The molecule has 0 saturated carbocycles. The van der Waals surface area contributed by atoms with Gasteiger partial charge in [0.25, 0.3) is 5.56 Å². The van der Waals surface area contributed by atoms with Crippen molar-refractivity contribution in [2.45, 2.75) is 46.6 Å². The van der Waals surface area contributed by atoms with Crippen LogP contribution in [0, 0.1) is 20.8 Å². The molecule has 8 heteroatoms. The molecule has 0 unspecified atom stereocenters. The Labute approximate surface area is 186 Å². The van der Waals surface area contributed by atoms with Gasteiger partial charge in [0.15, 0.2) is 11.2 Å². The Kier molecular flexibility index (Phi) is 5.04. The molecule has 1 aliphatic heterocycles. The Bertz CT molecular complexity index is 1450. The molecule has 5 rings (SSSR count). The molecule has 8 nitrogen and oxygen atoms in total. The summed E-state index contributed by atoms with van der Waals surface area (Å²) in [5, 5.41) is 0. The quantitative estimate of drug-likeness (QED) is 0.495. The number of hydrogen-bond donors (Lipinski definition) is 0. The third kappa shape index (κ3) is 3.12. The molecule has 0 radical (unpaired) electrons. The number of piperidine rings is 1. The minimum atomic E-state index is -0.310. The number of hydrogen-bond acceptors (Lipinski definition) is 4. The summed E-state index contributed by atoms with van der Waals surface area (Å²) in [5.74, 6) is 0.645. The standard InChI is InChI=1S/C24H30N6O2/c1-16-9-8-10-19(18(16)3)30-17(2)15-29-20-21(25-23(29)30)26(4)24(32)28(22(20)31)14-13-27-11-6-5-7-12-27/h8-10,15H,5-7,11-14H2,1-4H3. The third-order valence-electron chi connectivity index (χ3n) is 6.93. The van der Waals surface area contributed by atoms with E-state index >= 15 is 0 Å². The monoisotopic (exact) mass is 434 g/mol. The van der Waals surface area contributed by atoms with Gasteiger partial charge in [0.2, 0.25) is 5.78 Å². The second-order valence-electron chi connectivity index (χ2n) is 8.98. The number of aryl methyl sites for hydroxylation is 3. The molecule has 4 heterocycles. The Hall–Kier alpha value is -3.13. The van der Waals surface area contributed by atoms with Crippen LogP contribution >= 0.6 is 0 Å². The first-order valence-electron chi connectivity index (χ1n) is 11.4. The topological polar surface area (TPSA) is 69.5 Å². The second-order valence-corrected chi connectivity index (χ2v) is 8.98. The van der Waals surface area contributed by atoms with Crippen LogP contribution < -0.4 is 11.2 Å². The lowest BCUT2D eigenvalue weighted by Crippen LogP contribution is -2.43. The Morgan fingerprint density at radius 2 is 1.75 bits per heavy atom. The highest BCUT2D eigenvalue weighted by molar-refractivity contribution is 5.76. The van der Waals surface area contributed by atoms with Gasteiger partial charge in [-0.05, 0) is 63.9 Å². The summed E-state index contributed by atoms with van der Waals surface area (Å²) < 4.78 is 6.77. The number of imidazole rings is 2. The fraction of sp³-hybridized carbons (Fsp3) is 0.458. The lowest BCUT2D eigenvalue weighted by Gasteiger charge is -2.26. The van der Waals surface area contributed by atoms with Crippen LogP contribution in [0.3, 0.4) is 0 Å². The average Bonchev–Trinajstić information content (AvgIpc) is 3.30. The highest BCUT2D eigenvalue weighted by atomic mass is 16.2. The van der Waals surface area contributed by atoms with Crippen LogP contribution in [0.15, 0.2) is 34.0 Å². The summed E-state index contributed by atoms with van der Waals surface area (Å²) in [4.78, 5) is 33.6. The molecule has 168 valence electrons. The molecular weight excluding hydrogens is 404 g/mol. The fourth-order valence-corrected chi connectivity index (χ4v) is 4.91. The zero-order chi connectivity index (χ0) is 22.6. The summed E-state index contributed by atoms with van der Waals surface area (Å²) in [6, 6.07) is 6.17. The summed E-state index contributed by atoms with van der Waals surface area (Å²) in [5.41, 5.74) is 4.66. The number of nitrogens with zero attached hydrogens (tertiary/aromatic N) is 6. The van der Waals surface area contributed by atoms with E-state index in [1.807, 2.05) is 23.6 Å². The highest BCUT2D eigenvalue weighted by Crippen LogP contribution is 2.24. The number of fused-ring (bicyclic) bond motifs is 3. The minimum Gasteiger partial charge on any atom is -0.302 e. The smallest absolute Gasteiger partial charge is 0.302 e. The molecule has 0 spiro atoms. The van der Waals surface area contributed by atoms with Crippen LogP contribution in [0.4, 0.5) is 0 Å². The van der Waals surface area contributed by atoms with Gasteiger partial charge < -0.3 is 4.90 Å². The summed E-state index contributed by atoms with van der Waals surface area (Å²) in [7, 11) is 1.70. The van der Waals surface area contributed by atoms with E-state index < -0.39 is 0 Å². The maximum Gasteiger partial charge on any atom is 0.332 e. The van der Waals surface area contributed by atoms with E-state index in [2.05, 4.69) is 35.4 Å². The van der Waals surface area contributed by atoms with Crippen molar-refractivity contribution in [3.8, 4) is 5.69 Å². The fourth-order valence-electron chi connectivity index (χ4n) is 4.91. The number of likely N-dealkylation sites (tertiary alicyclic amines) is 1. The van der Waals surface area contributed by atoms with Crippen LogP contribution in [0.2, 0.25) is 0 Å². The molecule has 0 atom stereocenters. The lowest BCUT2D eigenvalue weighted by molar-refractivity contribution is 0.218. The normalized spacial score (nSPS) is 15.2. The van der Waals surface area contributed by atoms with Gasteiger partial charge in [-0.15, -0.1) is 0 Å². The lowest BCUT2D eigenvalue weighted by atomic mass is 10.1. The maximum absolute atomic E-state index is 13.5. The molecule has 32 heavy (non-hydrogen) atoms. The first-order valence-corrected chi connectivity index (χ1v) is 11.4. The van der Waals surface area contributed by atoms with E-state index in [0.717, 1.165) is 30.0 Å². The van der Waals surface area contributed by atoms with Crippen LogP contribution in [0.25, 0.3) is 22.6 Å². The van der Waals surface area contributed by atoms with Crippen molar-refractivity contribution in [1.82, 2.24) is 28.0 Å². The van der Waals surface area contributed by atoms with Gasteiger partial charge in [-0.2, -0.15) is 4.98 Å². The number of benzene rings is 1. The molecule has 1 fully saturated rings. The van der Waals surface area contributed by atoms with E-state index in [0.29, 0.717) is 30.0 Å². The first kappa shape index (κ1) is 20.8. The van der Waals surface area contributed by atoms with E-state index in [-0.39, 0.29) is 11.2 Å². The zero-order valence-electron chi connectivity index (χ0n) is 19.3. The van der Waals surface area contributed by atoms with Gasteiger partial charge in [-0.25, -0.2) is 4.79 Å². The summed E-state index contributed by atoms with van der Waals surface area (Å²) in [6.07, 6.45) is 5.56. The third-order valence-corrected chi connectivity index (χ3v) is 6.93. The van der Waals surface area contributed by atoms with Gasteiger partial charge in [-0.1, -0.05) is 18.6 Å². The predicted molar refractivity (Wildman–Crippen MR) is 126 cm³/mol. The van der Waals surface area contributed by atoms with Crippen molar-refractivity contribution in [3.63, 3.8) is 0 Å². The summed E-state index contributed by atoms with van der Waals surface area (Å²) >= 11 is 0. The van der Waals surface area contributed by atoms with E-state index in [9.17, 15) is 9.59 Å². The Morgan fingerprint density at radius 3 is 2.50 bits per heavy atom. The maximum atomic E-state index is 13.5. The van der Waals surface area contributed by atoms with E-state index in [4.69, 9.17) is 4.98 Å². The highest BCUT2D eigenvalue weighted by Gasteiger charge is 2.22. The molecular formula is C24H30N6O2. The molecule has 0 N–H and O–H groups in total. The van der Waals surface area contributed by atoms with Gasteiger partial charge in [0.1, 0.15) is 0 Å². The average molecular weight is 435 g/mol. The van der Waals surface area contributed by atoms with Crippen molar-refractivity contribution in [1.29, 1.82) is 0 Å². The van der Waals surface area contributed by atoms with Crippen LogP contribution in [0.5, 0.6) is 0 Å². The van der Waals surface area contributed by atoms with Gasteiger partial charge in [0.05, 0.1) is 5.69 Å². The van der Waals surface area contributed by atoms with Gasteiger partial charge in [-0.3, -0.25) is 22.9 Å². The zero-order valence-corrected chi connectivity index (χ0v) is 19.3. The Morgan fingerprint density at radius 1 is 1.00 bits per heavy atom. The van der Waals surface area contributed by atoms with Crippen molar-refractivity contribution in [2.24, 2.45) is 7.05 Å². The molecule has 0 aliphatic carbocycles. The first-order chi connectivity index (χ1) is 15.4. The van der Waals surface area contributed by atoms with Gasteiger partial charge in [0, 0.05) is 32.0 Å². The number of rotatable bonds is 4. The van der Waals surface area contributed by atoms with E-state index in [1.54, 1.807) is 7.05 Å². The second kappa shape index (κ2) is 7.78. The number of aromatic nitrogens is 5. The van der Waals surface area contributed by atoms with Crippen molar-refractivity contribution >= 4 is 16.9 Å². The molecule has 4 aromatic rings. The van der Waals surface area contributed by atoms with Gasteiger partial charge >= 0.3 is 5.69 Å². The minimum absolute atomic E-state index is 0.272. The van der Waals surface area contributed by atoms with Crippen molar-refractivity contribution in [2.75, 3.05) is 19.6 Å². The summed E-state index contributed by atoms with van der Waals surface area (Å²) in [6.45, 7) is 9.36. The van der Waals surface area contributed by atoms with Crippen molar-refractivity contribution < 1.29 is 0 Å². The van der Waals surface area contributed by atoms with Crippen LogP contribution in [-0.2, 0) is 13.6 Å². The SMILES string of the molecule is Cc1cccc(-n2c(C)cn3c4c(=O)n(CCN5CCCCC5)c(=O)n(C)c4nc23)c1C. The van der Waals surface area contributed by atoms with Crippen LogP contribution in [-0.4, -0.2) is 47.6 Å². The molecule has 0 bridgehead atoms. The molecule has 1 aliphatic rings.